The number of sulfonamides is 1. The van der Waals surface area contributed by atoms with Crippen LogP contribution in [0.2, 0.25) is 0 Å². The van der Waals surface area contributed by atoms with Crippen molar-refractivity contribution in [3.8, 4) is 11.4 Å². The molecule has 0 spiro atoms. The van der Waals surface area contributed by atoms with Gasteiger partial charge in [-0.05, 0) is 19.1 Å². The van der Waals surface area contributed by atoms with E-state index in [0.29, 0.717) is 5.56 Å². The number of nitrogens with zero attached hydrogens (tertiary/aromatic N) is 3. The molecule has 2 aromatic rings. The number of aryl methyl sites for hydroxylation is 1. The van der Waals surface area contributed by atoms with Crippen LogP contribution in [0.15, 0.2) is 23.5 Å². The van der Waals surface area contributed by atoms with E-state index in [1.807, 2.05) is 6.92 Å². The summed E-state index contributed by atoms with van der Waals surface area (Å²) in [4.78, 5) is 7.80. The monoisotopic (exact) mass is 239 g/mol. The third-order valence-electron chi connectivity index (χ3n) is 1.89. The first kappa shape index (κ1) is 10.7. The summed E-state index contributed by atoms with van der Waals surface area (Å²) in [6.45, 7) is 1.82. The zero-order chi connectivity index (χ0) is 11.8. The first-order chi connectivity index (χ1) is 7.47. The lowest BCUT2D eigenvalue weighted by molar-refractivity contribution is 0.589. The minimum atomic E-state index is -3.84. The normalized spacial score (nSPS) is 11.6. The Balaban J connectivity index is 2.47. The molecule has 2 heterocycles. The number of rotatable bonds is 2. The summed E-state index contributed by atoms with van der Waals surface area (Å²) in [5.41, 5.74) is 1.47. The van der Waals surface area contributed by atoms with Crippen molar-refractivity contribution in [2.75, 3.05) is 0 Å². The van der Waals surface area contributed by atoms with Gasteiger partial charge in [0.05, 0.1) is 0 Å². The van der Waals surface area contributed by atoms with E-state index in [9.17, 15) is 8.42 Å². The number of nitrogens with two attached hydrogens (primary N) is 1. The Bertz CT molecular complexity index is 619. The maximum atomic E-state index is 11.0. The number of primary sulfonamides is 1. The van der Waals surface area contributed by atoms with E-state index in [1.165, 1.54) is 0 Å². The Labute approximate surface area is 91.8 Å². The molecule has 0 radical (unpaired) electrons. The van der Waals surface area contributed by atoms with E-state index in [1.54, 1.807) is 18.3 Å². The second kappa shape index (κ2) is 3.65. The lowest BCUT2D eigenvalue weighted by atomic mass is 10.2. The minimum absolute atomic E-state index is 0.273. The first-order valence-electron chi connectivity index (χ1n) is 4.35. The van der Waals surface area contributed by atoms with Gasteiger partial charge in [-0.15, -0.1) is 0 Å². The predicted octanol–water partition coefficient (Wildman–Crippen LogP) is -0.177. The summed E-state index contributed by atoms with van der Waals surface area (Å²) < 4.78 is 22.0. The summed E-state index contributed by atoms with van der Waals surface area (Å²) in [6, 6.07) is 3.43. The minimum Gasteiger partial charge on any atom is -0.262 e. The molecule has 84 valence electrons. The fourth-order valence-corrected chi connectivity index (χ4v) is 1.57. The predicted molar refractivity (Wildman–Crippen MR) is 55.7 cm³/mol. The number of hydrogen-bond donors (Lipinski definition) is 2. The van der Waals surface area contributed by atoms with Gasteiger partial charge in [0.25, 0.3) is 15.2 Å². The van der Waals surface area contributed by atoms with Crippen LogP contribution in [0.4, 0.5) is 0 Å². The van der Waals surface area contributed by atoms with Crippen molar-refractivity contribution < 1.29 is 8.42 Å². The molecule has 0 saturated carbocycles. The van der Waals surface area contributed by atoms with Crippen LogP contribution in [-0.2, 0) is 10.0 Å². The van der Waals surface area contributed by atoms with Gasteiger partial charge < -0.3 is 0 Å². The van der Waals surface area contributed by atoms with Crippen LogP contribution in [0, 0.1) is 6.92 Å². The van der Waals surface area contributed by atoms with Crippen molar-refractivity contribution in [1.82, 2.24) is 20.2 Å². The highest BCUT2D eigenvalue weighted by Gasteiger charge is 2.14. The molecule has 2 rings (SSSR count). The lowest BCUT2D eigenvalue weighted by Gasteiger charge is -1.95. The van der Waals surface area contributed by atoms with Crippen LogP contribution in [0.1, 0.15) is 5.69 Å². The van der Waals surface area contributed by atoms with E-state index in [4.69, 9.17) is 5.14 Å². The van der Waals surface area contributed by atoms with Crippen molar-refractivity contribution in [3.63, 3.8) is 0 Å². The fourth-order valence-electron chi connectivity index (χ4n) is 1.19. The summed E-state index contributed by atoms with van der Waals surface area (Å²) in [6.07, 6.45) is 1.59. The van der Waals surface area contributed by atoms with E-state index in [2.05, 4.69) is 20.2 Å². The van der Waals surface area contributed by atoms with Gasteiger partial charge in [0.2, 0.25) is 0 Å². The lowest BCUT2D eigenvalue weighted by Crippen LogP contribution is -2.13. The van der Waals surface area contributed by atoms with Crippen LogP contribution in [0.25, 0.3) is 11.4 Å². The third kappa shape index (κ3) is 2.07. The molecule has 2 aromatic heterocycles. The summed E-state index contributed by atoms with van der Waals surface area (Å²) in [5, 5.41) is 10.6. The zero-order valence-corrected chi connectivity index (χ0v) is 9.19. The second-order valence-corrected chi connectivity index (χ2v) is 4.67. The average Bonchev–Trinajstić information content (AvgIpc) is 2.65. The Morgan fingerprint density at radius 1 is 1.44 bits per heavy atom. The molecular formula is C8H9N5O2S. The molecule has 0 atom stereocenters. The highest BCUT2D eigenvalue weighted by atomic mass is 32.2. The van der Waals surface area contributed by atoms with E-state index in [-0.39, 0.29) is 11.0 Å². The van der Waals surface area contributed by atoms with Gasteiger partial charge in [0.1, 0.15) is 0 Å². The van der Waals surface area contributed by atoms with Crippen molar-refractivity contribution in [1.29, 1.82) is 0 Å². The molecule has 0 aliphatic rings. The number of H-pyrrole nitrogens is 1. The van der Waals surface area contributed by atoms with Crippen LogP contribution in [0.5, 0.6) is 0 Å². The molecule has 0 bridgehead atoms. The third-order valence-corrected chi connectivity index (χ3v) is 2.61. The molecule has 16 heavy (non-hydrogen) atoms. The number of hydrogen-bond acceptors (Lipinski definition) is 5. The number of aromatic amines is 1. The van der Waals surface area contributed by atoms with Crippen LogP contribution >= 0.6 is 0 Å². The van der Waals surface area contributed by atoms with Gasteiger partial charge in [-0.1, -0.05) is 0 Å². The van der Waals surface area contributed by atoms with Crippen molar-refractivity contribution in [3.05, 3.63) is 24.0 Å². The van der Waals surface area contributed by atoms with Gasteiger partial charge in [-0.3, -0.25) is 4.98 Å². The first-order valence-corrected chi connectivity index (χ1v) is 5.90. The van der Waals surface area contributed by atoms with Crippen molar-refractivity contribution in [2.24, 2.45) is 5.14 Å². The Hall–Kier alpha value is -1.80. The van der Waals surface area contributed by atoms with Crippen LogP contribution < -0.4 is 5.14 Å². The maximum Gasteiger partial charge on any atom is 0.273 e. The number of nitrogens with one attached hydrogen (secondary N) is 1. The summed E-state index contributed by atoms with van der Waals surface area (Å²) in [5.74, 6) is 0.273. The maximum absolute atomic E-state index is 11.0. The number of aromatic nitrogens is 4. The standard InChI is InChI=1S/C8H9N5O2S/c1-5-4-6(2-3-10-5)7-11-8(13-12-7)16(9,14)15/h2-4H,1H3,(H2,9,14,15)(H,11,12,13). The molecule has 0 fully saturated rings. The van der Waals surface area contributed by atoms with Gasteiger partial charge in [-0.2, -0.15) is 10.1 Å². The average molecular weight is 239 g/mol. The fraction of sp³-hybridized carbons (Fsp3) is 0.125. The van der Waals surface area contributed by atoms with E-state index < -0.39 is 10.0 Å². The van der Waals surface area contributed by atoms with Gasteiger partial charge in [0.15, 0.2) is 5.82 Å². The SMILES string of the molecule is Cc1cc(-c2n[nH]c(S(N)(=O)=O)n2)ccn1. The molecule has 0 aromatic carbocycles. The van der Waals surface area contributed by atoms with E-state index in [0.717, 1.165) is 5.69 Å². The van der Waals surface area contributed by atoms with Gasteiger partial charge >= 0.3 is 0 Å². The Morgan fingerprint density at radius 2 is 2.19 bits per heavy atom. The van der Waals surface area contributed by atoms with Crippen molar-refractivity contribution in [2.45, 2.75) is 12.1 Å². The van der Waals surface area contributed by atoms with Crippen molar-refractivity contribution >= 4 is 10.0 Å². The molecule has 0 amide bonds. The van der Waals surface area contributed by atoms with Crippen LogP contribution in [-0.4, -0.2) is 28.6 Å². The van der Waals surface area contributed by atoms with Crippen LogP contribution in [0.3, 0.4) is 0 Å². The zero-order valence-electron chi connectivity index (χ0n) is 8.38. The summed E-state index contributed by atoms with van der Waals surface area (Å²) in [7, 11) is -3.84. The molecular weight excluding hydrogens is 230 g/mol. The Morgan fingerprint density at radius 3 is 2.75 bits per heavy atom. The molecule has 0 unspecified atom stereocenters. The number of pyridine rings is 1. The molecule has 3 N–H and O–H groups in total. The molecule has 8 heteroatoms. The summed E-state index contributed by atoms with van der Waals surface area (Å²) >= 11 is 0. The highest BCUT2D eigenvalue weighted by Crippen LogP contribution is 2.15. The van der Waals surface area contributed by atoms with E-state index >= 15 is 0 Å². The quantitative estimate of drug-likeness (QED) is 0.754. The second-order valence-electron chi connectivity index (χ2n) is 3.20. The highest BCUT2D eigenvalue weighted by molar-refractivity contribution is 7.89. The largest absolute Gasteiger partial charge is 0.273 e. The molecule has 7 nitrogen and oxygen atoms in total. The molecule has 0 aliphatic carbocycles. The van der Waals surface area contributed by atoms with Gasteiger partial charge in [0, 0.05) is 17.5 Å². The molecule has 0 aliphatic heterocycles. The Kier molecular flexibility index (Phi) is 2.44. The van der Waals surface area contributed by atoms with Gasteiger partial charge in [-0.25, -0.2) is 18.7 Å². The topological polar surface area (TPSA) is 115 Å². The smallest absolute Gasteiger partial charge is 0.262 e. The molecule has 0 saturated heterocycles.